The molecule has 100 valence electrons. The first-order valence-electron chi connectivity index (χ1n) is 6.14. The molecule has 1 aromatic carbocycles. The Morgan fingerprint density at radius 3 is 2.79 bits per heavy atom. The van der Waals surface area contributed by atoms with Crippen molar-refractivity contribution >= 4 is 5.91 Å². The number of carbonyl (C=O) groups is 1. The molecule has 0 spiro atoms. The number of aliphatic hydroxyl groups is 1. The molecule has 0 saturated carbocycles. The Bertz CT molecular complexity index is 535. The van der Waals surface area contributed by atoms with E-state index in [2.05, 4.69) is 15.5 Å². The van der Waals surface area contributed by atoms with Crippen molar-refractivity contribution in [2.45, 2.75) is 19.4 Å². The van der Waals surface area contributed by atoms with Crippen molar-refractivity contribution in [3.8, 4) is 5.69 Å². The minimum atomic E-state index is -0.330. The summed E-state index contributed by atoms with van der Waals surface area (Å²) in [6.07, 6.45) is 2.07. The highest BCUT2D eigenvalue weighted by molar-refractivity contribution is 5.92. The smallest absolute Gasteiger partial charge is 0.273 e. The van der Waals surface area contributed by atoms with E-state index >= 15 is 0 Å². The van der Waals surface area contributed by atoms with Crippen LogP contribution >= 0.6 is 0 Å². The summed E-state index contributed by atoms with van der Waals surface area (Å²) in [5.74, 6) is -0.330. The van der Waals surface area contributed by atoms with Crippen LogP contribution in [0.15, 0.2) is 36.5 Å². The van der Waals surface area contributed by atoms with Gasteiger partial charge in [-0.2, -0.15) is 9.90 Å². The third-order valence-electron chi connectivity index (χ3n) is 2.76. The molecule has 0 bridgehead atoms. The molecule has 2 N–H and O–H groups in total. The number of aliphatic hydroxyl groups excluding tert-OH is 1. The molecule has 6 nitrogen and oxygen atoms in total. The highest BCUT2D eigenvalue weighted by Crippen LogP contribution is 2.04. The first-order chi connectivity index (χ1) is 9.24. The normalized spacial score (nSPS) is 12.1. The highest BCUT2D eigenvalue weighted by Gasteiger charge is 2.14. The van der Waals surface area contributed by atoms with E-state index in [0.717, 1.165) is 5.69 Å². The summed E-state index contributed by atoms with van der Waals surface area (Å²) in [6.45, 7) is 1.80. The number of aromatic nitrogens is 3. The highest BCUT2D eigenvalue weighted by atomic mass is 16.3. The average molecular weight is 260 g/mol. The predicted octanol–water partition coefficient (Wildman–Crippen LogP) is 0.768. The minimum absolute atomic E-state index is 0.0882. The van der Waals surface area contributed by atoms with E-state index in [9.17, 15) is 4.79 Å². The van der Waals surface area contributed by atoms with Crippen molar-refractivity contribution in [3.05, 3.63) is 42.2 Å². The maximum atomic E-state index is 11.9. The second kappa shape index (κ2) is 6.10. The predicted molar refractivity (Wildman–Crippen MR) is 70.0 cm³/mol. The fourth-order valence-corrected chi connectivity index (χ4v) is 1.59. The first kappa shape index (κ1) is 13.2. The number of hydrogen-bond donors (Lipinski definition) is 2. The molecular formula is C13H16N4O2. The Morgan fingerprint density at radius 1 is 1.42 bits per heavy atom. The molecule has 0 aliphatic heterocycles. The number of rotatable bonds is 5. The fourth-order valence-electron chi connectivity index (χ4n) is 1.59. The van der Waals surface area contributed by atoms with Crippen LogP contribution in [-0.2, 0) is 0 Å². The van der Waals surface area contributed by atoms with Gasteiger partial charge in [0.05, 0.1) is 24.5 Å². The van der Waals surface area contributed by atoms with Crippen LogP contribution in [0.1, 0.15) is 23.8 Å². The lowest BCUT2D eigenvalue weighted by Gasteiger charge is -2.12. The molecular weight excluding hydrogens is 244 g/mol. The summed E-state index contributed by atoms with van der Waals surface area (Å²) in [7, 11) is 0. The molecule has 1 heterocycles. The number of hydrogen-bond acceptors (Lipinski definition) is 4. The minimum Gasteiger partial charge on any atom is -0.394 e. The molecule has 0 fully saturated rings. The van der Waals surface area contributed by atoms with E-state index in [1.807, 2.05) is 37.3 Å². The van der Waals surface area contributed by atoms with Gasteiger partial charge in [0.2, 0.25) is 0 Å². The van der Waals surface area contributed by atoms with E-state index < -0.39 is 0 Å². The first-order valence-corrected chi connectivity index (χ1v) is 6.14. The molecule has 6 heteroatoms. The van der Waals surface area contributed by atoms with E-state index in [4.69, 9.17) is 5.11 Å². The van der Waals surface area contributed by atoms with Crippen LogP contribution in [0.5, 0.6) is 0 Å². The Labute approximate surface area is 111 Å². The second-order valence-electron chi connectivity index (χ2n) is 4.12. The second-order valence-corrected chi connectivity index (χ2v) is 4.12. The zero-order valence-electron chi connectivity index (χ0n) is 10.7. The number of carbonyl (C=O) groups excluding carboxylic acids is 1. The zero-order valence-corrected chi connectivity index (χ0v) is 10.7. The van der Waals surface area contributed by atoms with Gasteiger partial charge in [-0.15, -0.1) is 5.10 Å². The lowest BCUT2D eigenvalue weighted by molar-refractivity contribution is 0.0909. The molecule has 0 radical (unpaired) electrons. The molecule has 1 amide bonds. The van der Waals surface area contributed by atoms with Crippen molar-refractivity contribution in [2.24, 2.45) is 0 Å². The number of nitrogens with zero attached hydrogens (tertiary/aromatic N) is 3. The molecule has 1 atom stereocenters. The summed E-state index contributed by atoms with van der Waals surface area (Å²) in [5.41, 5.74) is 1.02. The number of amides is 1. The van der Waals surface area contributed by atoms with E-state index in [1.54, 1.807) is 0 Å². The lowest BCUT2D eigenvalue weighted by atomic mass is 10.2. The number of para-hydroxylation sites is 1. The van der Waals surface area contributed by atoms with Crippen molar-refractivity contribution in [2.75, 3.05) is 6.61 Å². The van der Waals surface area contributed by atoms with E-state index in [0.29, 0.717) is 6.42 Å². The van der Waals surface area contributed by atoms with Gasteiger partial charge in [0.1, 0.15) is 0 Å². The Balaban J connectivity index is 2.11. The SMILES string of the molecule is CC[C@@H](CO)NC(=O)c1cnn(-c2ccccc2)n1. The van der Waals surface area contributed by atoms with Crippen molar-refractivity contribution < 1.29 is 9.90 Å². The fraction of sp³-hybridized carbons (Fsp3) is 0.308. The molecule has 0 saturated heterocycles. The van der Waals surface area contributed by atoms with Gasteiger partial charge in [-0.05, 0) is 18.6 Å². The van der Waals surface area contributed by atoms with Crippen LogP contribution in [0.3, 0.4) is 0 Å². The summed E-state index contributed by atoms with van der Waals surface area (Å²) in [4.78, 5) is 13.3. The van der Waals surface area contributed by atoms with Crippen LogP contribution in [-0.4, -0.2) is 38.7 Å². The Kier molecular flexibility index (Phi) is 4.25. The third kappa shape index (κ3) is 3.17. The Hall–Kier alpha value is -2.21. The van der Waals surface area contributed by atoms with Crippen LogP contribution in [0.2, 0.25) is 0 Å². The summed E-state index contributed by atoms with van der Waals surface area (Å²) >= 11 is 0. The third-order valence-corrected chi connectivity index (χ3v) is 2.76. The van der Waals surface area contributed by atoms with Crippen LogP contribution in [0.4, 0.5) is 0 Å². The summed E-state index contributed by atoms with van der Waals surface area (Å²) < 4.78 is 0. The molecule has 0 aliphatic rings. The summed E-state index contributed by atoms with van der Waals surface area (Å²) in [5, 5.41) is 19.9. The molecule has 0 unspecified atom stereocenters. The quantitative estimate of drug-likeness (QED) is 0.832. The molecule has 1 aromatic heterocycles. The maximum absolute atomic E-state index is 11.9. The van der Waals surface area contributed by atoms with Gasteiger partial charge in [-0.25, -0.2) is 0 Å². The molecule has 0 aliphatic carbocycles. The molecule has 2 rings (SSSR count). The monoisotopic (exact) mass is 260 g/mol. The standard InChI is InChI=1S/C13H16N4O2/c1-2-10(9-18)15-13(19)12-8-14-17(16-12)11-6-4-3-5-7-11/h3-8,10,18H,2,9H2,1H3,(H,15,19)/t10-/m0/s1. The number of benzene rings is 1. The van der Waals surface area contributed by atoms with Gasteiger partial charge in [-0.3, -0.25) is 4.79 Å². The van der Waals surface area contributed by atoms with Crippen molar-refractivity contribution in [1.82, 2.24) is 20.3 Å². The maximum Gasteiger partial charge on any atom is 0.273 e. The Morgan fingerprint density at radius 2 is 2.16 bits per heavy atom. The average Bonchev–Trinajstić information content (AvgIpc) is 2.95. The van der Waals surface area contributed by atoms with Gasteiger partial charge < -0.3 is 10.4 Å². The van der Waals surface area contributed by atoms with Gasteiger partial charge in [0.15, 0.2) is 5.69 Å². The topological polar surface area (TPSA) is 80.0 Å². The largest absolute Gasteiger partial charge is 0.394 e. The van der Waals surface area contributed by atoms with E-state index in [1.165, 1.54) is 11.0 Å². The van der Waals surface area contributed by atoms with Gasteiger partial charge >= 0.3 is 0 Å². The van der Waals surface area contributed by atoms with Crippen molar-refractivity contribution in [1.29, 1.82) is 0 Å². The van der Waals surface area contributed by atoms with Gasteiger partial charge in [-0.1, -0.05) is 25.1 Å². The molecule has 2 aromatic rings. The van der Waals surface area contributed by atoms with Gasteiger partial charge in [0.25, 0.3) is 5.91 Å². The number of nitrogens with one attached hydrogen (secondary N) is 1. The zero-order chi connectivity index (χ0) is 13.7. The van der Waals surface area contributed by atoms with E-state index in [-0.39, 0.29) is 24.2 Å². The van der Waals surface area contributed by atoms with Crippen LogP contribution in [0.25, 0.3) is 5.69 Å². The lowest BCUT2D eigenvalue weighted by Crippen LogP contribution is -2.37. The summed E-state index contributed by atoms with van der Waals surface area (Å²) in [6, 6.07) is 9.09. The van der Waals surface area contributed by atoms with Crippen molar-refractivity contribution in [3.63, 3.8) is 0 Å². The van der Waals surface area contributed by atoms with Crippen LogP contribution in [0, 0.1) is 0 Å². The van der Waals surface area contributed by atoms with Gasteiger partial charge in [0, 0.05) is 0 Å². The molecule has 19 heavy (non-hydrogen) atoms. The van der Waals surface area contributed by atoms with Crippen LogP contribution < -0.4 is 5.32 Å².